The Labute approximate surface area is 112 Å². The number of carbonyl (C=O) groups excluding carboxylic acids is 1. The first-order chi connectivity index (χ1) is 8.25. The van der Waals surface area contributed by atoms with Gasteiger partial charge in [0.2, 0.25) is 5.91 Å². The standard InChI is InChI=1S/C13H16ClN3O/c1-13(2,3)11(16)12(18)17-10-6-8(7-15)4-5-9(10)14/h4-6,11H,16H2,1-3H3,(H,17,18)/t11-/m0/s1. The first-order valence-electron chi connectivity index (χ1n) is 5.52. The summed E-state index contributed by atoms with van der Waals surface area (Å²) in [6, 6.07) is 6.01. The molecule has 0 aliphatic heterocycles. The fourth-order valence-electron chi connectivity index (χ4n) is 1.29. The summed E-state index contributed by atoms with van der Waals surface area (Å²) in [6.45, 7) is 5.64. The Bertz CT molecular complexity index is 500. The number of carbonyl (C=O) groups is 1. The molecule has 0 aliphatic rings. The third-order valence-electron chi connectivity index (χ3n) is 2.57. The van der Waals surface area contributed by atoms with Crippen molar-refractivity contribution in [2.45, 2.75) is 26.8 Å². The number of nitrogens with zero attached hydrogens (tertiary/aromatic N) is 1. The van der Waals surface area contributed by atoms with Crippen LogP contribution >= 0.6 is 11.6 Å². The molecule has 1 amide bonds. The SMILES string of the molecule is CC(C)(C)[C@@H](N)C(=O)Nc1cc(C#N)ccc1Cl. The van der Waals surface area contributed by atoms with E-state index in [9.17, 15) is 4.79 Å². The third-order valence-corrected chi connectivity index (χ3v) is 2.90. The molecule has 1 aromatic carbocycles. The predicted octanol–water partition coefficient (Wildman–Crippen LogP) is 2.52. The highest BCUT2D eigenvalue weighted by Crippen LogP contribution is 2.24. The second-order valence-corrected chi connectivity index (χ2v) is 5.55. The van der Waals surface area contributed by atoms with E-state index in [2.05, 4.69) is 5.32 Å². The average molecular weight is 266 g/mol. The molecule has 0 radical (unpaired) electrons. The molecule has 0 spiro atoms. The molecule has 0 aliphatic carbocycles. The predicted molar refractivity (Wildman–Crippen MR) is 72.2 cm³/mol. The number of hydrogen-bond donors (Lipinski definition) is 2. The smallest absolute Gasteiger partial charge is 0.241 e. The van der Waals surface area contributed by atoms with Gasteiger partial charge in [0.15, 0.2) is 0 Å². The number of rotatable bonds is 2. The van der Waals surface area contributed by atoms with Crippen molar-refractivity contribution < 1.29 is 4.79 Å². The monoisotopic (exact) mass is 265 g/mol. The second-order valence-electron chi connectivity index (χ2n) is 5.14. The summed E-state index contributed by atoms with van der Waals surface area (Å²) in [7, 11) is 0. The van der Waals surface area contributed by atoms with Crippen molar-refractivity contribution in [3.8, 4) is 6.07 Å². The van der Waals surface area contributed by atoms with Gasteiger partial charge in [-0.15, -0.1) is 0 Å². The average Bonchev–Trinajstić information content (AvgIpc) is 2.29. The van der Waals surface area contributed by atoms with Crippen LogP contribution in [0.3, 0.4) is 0 Å². The molecule has 96 valence electrons. The van der Waals surface area contributed by atoms with E-state index in [1.54, 1.807) is 12.1 Å². The van der Waals surface area contributed by atoms with Crippen molar-refractivity contribution in [2.24, 2.45) is 11.1 Å². The molecule has 0 unspecified atom stereocenters. The molecule has 18 heavy (non-hydrogen) atoms. The molecule has 0 saturated carbocycles. The van der Waals surface area contributed by atoms with Gasteiger partial charge in [-0.25, -0.2) is 0 Å². The van der Waals surface area contributed by atoms with Crippen LogP contribution in [0.4, 0.5) is 5.69 Å². The molecule has 1 rings (SSSR count). The molecule has 0 aromatic heterocycles. The Morgan fingerprint density at radius 3 is 2.61 bits per heavy atom. The molecule has 0 heterocycles. The molecular weight excluding hydrogens is 250 g/mol. The maximum absolute atomic E-state index is 11.9. The zero-order valence-corrected chi connectivity index (χ0v) is 11.4. The van der Waals surface area contributed by atoms with E-state index >= 15 is 0 Å². The number of nitriles is 1. The normalized spacial score (nSPS) is 12.7. The van der Waals surface area contributed by atoms with Crippen molar-refractivity contribution in [3.63, 3.8) is 0 Å². The zero-order valence-electron chi connectivity index (χ0n) is 10.6. The van der Waals surface area contributed by atoms with Crippen LogP contribution in [0.5, 0.6) is 0 Å². The van der Waals surface area contributed by atoms with Gasteiger partial charge in [-0.05, 0) is 23.6 Å². The molecule has 5 heteroatoms. The Kier molecular flexibility index (Phi) is 4.33. The molecule has 0 bridgehead atoms. The minimum absolute atomic E-state index is 0.320. The first-order valence-corrected chi connectivity index (χ1v) is 5.89. The molecule has 3 N–H and O–H groups in total. The van der Waals surface area contributed by atoms with Crippen molar-refractivity contribution in [1.82, 2.24) is 0 Å². The third kappa shape index (κ3) is 3.46. The van der Waals surface area contributed by atoms with Crippen LogP contribution < -0.4 is 11.1 Å². The van der Waals surface area contributed by atoms with Gasteiger partial charge in [-0.3, -0.25) is 4.79 Å². The summed E-state index contributed by atoms with van der Waals surface area (Å²) in [4.78, 5) is 11.9. The van der Waals surface area contributed by atoms with Gasteiger partial charge in [-0.2, -0.15) is 5.26 Å². The van der Waals surface area contributed by atoms with Crippen LogP contribution in [-0.4, -0.2) is 11.9 Å². The molecule has 1 atom stereocenters. The summed E-state index contributed by atoms with van der Waals surface area (Å²) in [6.07, 6.45) is 0. The van der Waals surface area contributed by atoms with Crippen molar-refractivity contribution in [1.29, 1.82) is 5.26 Å². The van der Waals surface area contributed by atoms with Crippen LogP contribution in [0.25, 0.3) is 0 Å². The van der Waals surface area contributed by atoms with Gasteiger partial charge in [-0.1, -0.05) is 32.4 Å². The Morgan fingerprint density at radius 1 is 1.50 bits per heavy atom. The van der Waals surface area contributed by atoms with Gasteiger partial charge in [0.1, 0.15) is 0 Å². The highest BCUT2D eigenvalue weighted by molar-refractivity contribution is 6.33. The van der Waals surface area contributed by atoms with Gasteiger partial charge in [0, 0.05) is 0 Å². The number of hydrogen-bond acceptors (Lipinski definition) is 3. The molecule has 4 nitrogen and oxygen atoms in total. The number of benzene rings is 1. The Morgan fingerprint density at radius 2 is 2.11 bits per heavy atom. The maximum Gasteiger partial charge on any atom is 0.241 e. The van der Waals surface area contributed by atoms with Gasteiger partial charge >= 0.3 is 0 Å². The Balaban J connectivity index is 2.92. The number of halogens is 1. The van der Waals surface area contributed by atoms with E-state index < -0.39 is 6.04 Å². The van der Waals surface area contributed by atoms with Crippen molar-refractivity contribution >= 4 is 23.2 Å². The number of nitrogens with two attached hydrogens (primary N) is 1. The summed E-state index contributed by atoms with van der Waals surface area (Å²) in [5.74, 6) is -0.320. The van der Waals surface area contributed by atoms with Crippen LogP contribution in [0.2, 0.25) is 5.02 Å². The van der Waals surface area contributed by atoms with Crippen LogP contribution in [0.15, 0.2) is 18.2 Å². The summed E-state index contributed by atoms with van der Waals surface area (Å²) >= 11 is 5.95. The molecular formula is C13H16ClN3O. The lowest BCUT2D eigenvalue weighted by atomic mass is 9.87. The van der Waals surface area contributed by atoms with Crippen LogP contribution in [0, 0.1) is 16.7 Å². The topological polar surface area (TPSA) is 78.9 Å². The van der Waals surface area contributed by atoms with Crippen LogP contribution in [0.1, 0.15) is 26.3 Å². The summed E-state index contributed by atoms with van der Waals surface area (Å²) in [5, 5.41) is 11.8. The lowest BCUT2D eigenvalue weighted by Gasteiger charge is -2.26. The highest BCUT2D eigenvalue weighted by atomic mass is 35.5. The van der Waals surface area contributed by atoms with E-state index in [1.807, 2.05) is 26.8 Å². The van der Waals surface area contributed by atoms with E-state index in [-0.39, 0.29) is 11.3 Å². The minimum Gasteiger partial charge on any atom is -0.323 e. The fraction of sp³-hybridized carbons (Fsp3) is 0.385. The number of amides is 1. The van der Waals surface area contributed by atoms with E-state index in [0.29, 0.717) is 16.3 Å². The fourth-order valence-corrected chi connectivity index (χ4v) is 1.46. The lowest BCUT2D eigenvalue weighted by Crippen LogP contribution is -2.45. The van der Waals surface area contributed by atoms with Gasteiger partial charge < -0.3 is 11.1 Å². The summed E-state index contributed by atoms with van der Waals surface area (Å²) < 4.78 is 0. The van der Waals surface area contributed by atoms with E-state index in [1.165, 1.54) is 6.07 Å². The van der Waals surface area contributed by atoms with Crippen molar-refractivity contribution in [3.05, 3.63) is 28.8 Å². The number of nitrogens with one attached hydrogen (secondary N) is 1. The lowest BCUT2D eigenvalue weighted by molar-refractivity contribution is -0.119. The van der Waals surface area contributed by atoms with E-state index in [4.69, 9.17) is 22.6 Å². The molecule has 1 aromatic rings. The molecule has 0 fully saturated rings. The quantitative estimate of drug-likeness (QED) is 0.862. The zero-order chi connectivity index (χ0) is 13.9. The molecule has 0 saturated heterocycles. The summed E-state index contributed by atoms with van der Waals surface area (Å²) in [5.41, 5.74) is 6.33. The van der Waals surface area contributed by atoms with Gasteiger partial charge in [0.25, 0.3) is 0 Å². The maximum atomic E-state index is 11.9. The first kappa shape index (κ1) is 14.5. The van der Waals surface area contributed by atoms with Gasteiger partial charge in [0.05, 0.1) is 28.4 Å². The van der Waals surface area contributed by atoms with Crippen LogP contribution in [-0.2, 0) is 4.79 Å². The second kappa shape index (κ2) is 5.38. The van der Waals surface area contributed by atoms with Crippen molar-refractivity contribution in [2.75, 3.05) is 5.32 Å². The largest absolute Gasteiger partial charge is 0.323 e. The highest BCUT2D eigenvalue weighted by Gasteiger charge is 2.27. The Hall–Kier alpha value is -1.57. The van der Waals surface area contributed by atoms with E-state index in [0.717, 1.165) is 0 Å². The number of anilines is 1. The minimum atomic E-state index is -0.653.